The summed E-state index contributed by atoms with van der Waals surface area (Å²) in [6.07, 6.45) is 5.80. The number of hydrogen-bond acceptors (Lipinski definition) is 2. The van der Waals surface area contributed by atoms with Crippen LogP contribution in [0.3, 0.4) is 0 Å². The van der Waals surface area contributed by atoms with E-state index in [-0.39, 0.29) is 11.4 Å². The number of amides is 1. The molecule has 4 heteroatoms. The van der Waals surface area contributed by atoms with Crippen LogP contribution in [0.4, 0.5) is 0 Å². The Morgan fingerprint density at radius 3 is 2.41 bits per heavy atom. The van der Waals surface area contributed by atoms with Crippen molar-refractivity contribution in [2.24, 2.45) is 0 Å². The Bertz CT molecular complexity index is 380. The second kappa shape index (κ2) is 6.01. The molecule has 0 fully saturated rings. The van der Waals surface area contributed by atoms with Gasteiger partial charge in [-0.05, 0) is 25.3 Å². The van der Waals surface area contributed by atoms with E-state index in [1.165, 1.54) is 6.20 Å². The topological polar surface area (TPSA) is 42.0 Å². The van der Waals surface area contributed by atoms with E-state index in [9.17, 15) is 4.79 Å². The molecule has 0 atom stereocenters. The fourth-order valence-corrected chi connectivity index (χ4v) is 2.06. The summed E-state index contributed by atoms with van der Waals surface area (Å²) < 4.78 is 0. The van der Waals surface area contributed by atoms with Gasteiger partial charge < -0.3 is 5.32 Å². The first kappa shape index (κ1) is 14.0. The van der Waals surface area contributed by atoms with Gasteiger partial charge in [-0.2, -0.15) is 0 Å². The second-order valence-electron chi connectivity index (χ2n) is 4.15. The molecule has 0 bridgehead atoms. The Labute approximate surface area is 108 Å². The minimum absolute atomic E-state index is 0.143. The van der Waals surface area contributed by atoms with Gasteiger partial charge in [0, 0.05) is 17.9 Å². The van der Waals surface area contributed by atoms with E-state index in [0.717, 1.165) is 19.3 Å². The summed E-state index contributed by atoms with van der Waals surface area (Å²) in [5.74, 6) is -0.145. The van der Waals surface area contributed by atoms with Crippen LogP contribution in [0.2, 0.25) is 5.02 Å². The molecule has 1 rings (SSSR count). The Hall–Kier alpha value is -1.09. The Morgan fingerprint density at radius 2 is 1.94 bits per heavy atom. The maximum absolute atomic E-state index is 12.1. The monoisotopic (exact) mass is 254 g/mol. The zero-order valence-electron chi connectivity index (χ0n) is 10.6. The van der Waals surface area contributed by atoms with E-state index in [1.54, 1.807) is 12.3 Å². The van der Waals surface area contributed by atoms with Crippen molar-refractivity contribution in [3.8, 4) is 0 Å². The van der Waals surface area contributed by atoms with Gasteiger partial charge in [0.1, 0.15) is 0 Å². The predicted octanol–water partition coefficient (Wildman–Crippen LogP) is 3.43. The minimum atomic E-state index is -0.145. The van der Waals surface area contributed by atoms with Gasteiger partial charge in [-0.3, -0.25) is 9.78 Å². The average Bonchev–Trinajstić information content (AvgIpc) is 2.36. The van der Waals surface area contributed by atoms with E-state index in [4.69, 9.17) is 11.6 Å². The predicted molar refractivity (Wildman–Crippen MR) is 70.3 cm³/mol. The summed E-state index contributed by atoms with van der Waals surface area (Å²) in [6, 6.07) is 1.63. The molecule has 0 unspecified atom stereocenters. The highest BCUT2D eigenvalue weighted by atomic mass is 35.5. The molecule has 3 nitrogen and oxygen atoms in total. The van der Waals surface area contributed by atoms with Crippen molar-refractivity contribution in [1.29, 1.82) is 0 Å². The summed E-state index contributed by atoms with van der Waals surface area (Å²) in [5, 5.41) is 3.51. The lowest BCUT2D eigenvalue weighted by molar-refractivity contribution is 0.0888. The number of hydrogen-bond donors (Lipinski definition) is 1. The Morgan fingerprint density at radius 1 is 1.35 bits per heavy atom. The number of pyridine rings is 1. The molecule has 1 amide bonds. The quantitative estimate of drug-likeness (QED) is 0.875. The van der Waals surface area contributed by atoms with Crippen LogP contribution in [0.15, 0.2) is 18.5 Å². The van der Waals surface area contributed by atoms with Crippen LogP contribution in [-0.2, 0) is 0 Å². The van der Waals surface area contributed by atoms with Crippen LogP contribution in [-0.4, -0.2) is 16.4 Å². The van der Waals surface area contributed by atoms with E-state index in [2.05, 4.69) is 31.1 Å². The molecular weight excluding hydrogens is 236 g/mol. The molecule has 0 spiro atoms. The Kier molecular flexibility index (Phi) is 4.94. The fraction of sp³-hybridized carbons (Fsp3) is 0.538. The second-order valence-corrected chi connectivity index (χ2v) is 4.56. The molecule has 0 aliphatic heterocycles. The maximum Gasteiger partial charge on any atom is 0.254 e. The van der Waals surface area contributed by atoms with Crippen molar-refractivity contribution < 1.29 is 4.79 Å². The highest BCUT2D eigenvalue weighted by Gasteiger charge is 2.26. The smallest absolute Gasteiger partial charge is 0.254 e. The average molecular weight is 255 g/mol. The first-order chi connectivity index (χ1) is 8.08. The molecule has 17 heavy (non-hydrogen) atoms. The van der Waals surface area contributed by atoms with E-state index in [1.807, 2.05) is 0 Å². The summed E-state index contributed by atoms with van der Waals surface area (Å²) in [7, 11) is 0. The molecule has 94 valence electrons. The molecule has 0 aromatic carbocycles. The molecule has 1 aromatic heterocycles. The largest absolute Gasteiger partial charge is 0.347 e. The third-order valence-corrected chi connectivity index (χ3v) is 3.75. The molecule has 0 aliphatic rings. The van der Waals surface area contributed by atoms with Crippen molar-refractivity contribution >= 4 is 17.5 Å². The highest BCUT2D eigenvalue weighted by molar-refractivity contribution is 6.33. The molecular formula is C13H19ClN2O. The third kappa shape index (κ3) is 3.19. The van der Waals surface area contributed by atoms with Crippen molar-refractivity contribution in [3.05, 3.63) is 29.0 Å². The number of nitrogens with one attached hydrogen (secondary N) is 1. The fourth-order valence-electron chi connectivity index (χ4n) is 1.87. The Balaban J connectivity index is 2.89. The summed E-state index contributed by atoms with van der Waals surface area (Å²) in [4.78, 5) is 16.1. The first-order valence-electron chi connectivity index (χ1n) is 6.00. The number of carbonyl (C=O) groups excluding carboxylic acids is 1. The third-order valence-electron chi connectivity index (χ3n) is 3.42. The molecule has 1 aromatic rings. The molecule has 1 heterocycles. The standard InChI is InChI=1S/C13H19ClN2O/c1-4-13(5-2,6-3)16-12(17)10-9-15-8-7-11(10)14/h7-9H,4-6H2,1-3H3,(H,16,17). The first-order valence-corrected chi connectivity index (χ1v) is 6.38. The van der Waals surface area contributed by atoms with E-state index < -0.39 is 0 Å². The van der Waals surface area contributed by atoms with Gasteiger partial charge in [-0.15, -0.1) is 0 Å². The maximum atomic E-state index is 12.1. The molecule has 0 aliphatic carbocycles. The van der Waals surface area contributed by atoms with Crippen LogP contribution in [0.5, 0.6) is 0 Å². The number of nitrogens with zero attached hydrogens (tertiary/aromatic N) is 1. The van der Waals surface area contributed by atoms with Crippen molar-refractivity contribution in [2.75, 3.05) is 0 Å². The zero-order chi connectivity index (χ0) is 12.9. The summed E-state index contributed by atoms with van der Waals surface area (Å²) >= 11 is 5.98. The van der Waals surface area contributed by atoms with Crippen molar-refractivity contribution in [1.82, 2.24) is 10.3 Å². The van der Waals surface area contributed by atoms with Crippen LogP contribution in [0.25, 0.3) is 0 Å². The lowest BCUT2D eigenvalue weighted by Gasteiger charge is -2.31. The summed E-state index contributed by atoms with van der Waals surface area (Å²) in [6.45, 7) is 6.24. The number of aromatic nitrogens is 1. The summed E-state index contributed by atoms with van der Waals surface area (Å²) in [5.41, 5.74) is 0.296. The van der Waals surface area contributed by atoms with Gasteiger partial charge in [0.2, 0.25) is 0 Å². The van der Waals surface area contributed by atoms with Gasteiger partial charge in [0.25, 0.3) is 5.91 Å². The van der Waals surface area contributed by atoms with E-state index >= 15 is 0 Å². The van der Waals surface area contributed by atoms with Gasteiger partial charge in [-0.25, -0.2) is 0 Å². The normalized spacial score (nSPS) is 11.3. The minimum Gasteiger partial charge on any atom is -0.347 e. The van der Waals surface area contributed by atoms with Gasteiger partial charge in [0.15, 0.2) is 0 Å². The van der Waals surface area contributed by atoms with Crippen LogP contribution in [0, 0.1) is 0 Å². The molecule has 0 saturated heterocycles. The van der Waals surface area contributed by atoms with Gasteiger partial charge in [-0.1, -0.05) is 32.4 Å². The highest BCUT2D eigenvalue weighted by Crippen LogP contribution is 2.21. The lowest BCUT2D eigenvalue weighted by atomic mass is 9.89. The van der Waals surface area contributed by atoms with Crippen LogP contribution < -0.4 is 5.32 Å². The van der Waals surface area contributed by atoms with Crippen molar-refractivity contribution in [2.45, 2.75) is 45.6 Å². The van der Waals surface area contributed by atoms with Gasteiger partial charge >= 0.3 is 0 Å². The number of rotatable bonds is 5. The van der Waals surface area contributed by atoms with Crippen LogP contribution >= 0.6 is 11.6 Å². The van der Waals surface area contributed by atoms with E-state index in [0.29, 0.717) is 10.6 Å². The SMILES string of the molecule is CCC(CC)(CC)NC(=O)c1cnccc1Cl. The van der Waals surface area contributed by atoms with Crippen molar-refractivity contribution in [3.63, 3.8) is 0 Å². The molecule has 1 N–H and O–H groups in total. The number of halogens is 1. The van der Waals surface area contributed by atoms with Crippen LogP contribution in [0.1, 0.15) is 50.4 Å². The molecule has 0 radical (unpaired) electrons. The molecule has 0 saturated carbocycles. The van der Waals surface area contributed by atoms with Gasteiger partial charge in [0.05, 0.1) is 10.6 Å². The lowest BCUT2D eigenvalue weighted by Crippen LogP contribution is -2.47. The number of carbonyl (C=O) groups is 1. The zero-order valence-corrected chi connectivity index (χ0v) is 11.3.